The molecule has 1 aliphatic rings. The highest BCUT2D eigenvalue weighted by Crippen LogP contribution is 2.43. The van der Waals surface area contributed by atoms with Crippen molar-refractivity contribution in [3.63, 3.8) is 0 Å². The molecule has 0 saturated carbocycles. The lowest BCUT2D eigenvalue weighted by Gasteiger charge is -2.33. The number of nitrogens with zero attached hydrogens (tertiary/aromatic N) is 4. The van der Waals surface area contributed by atoms with Crippen LogP contribution < -0.4 is 4.90 Å². The van der Waals surface area contributed by atoms with Crippen molar-refractivity contribution in [2.45, 2.75) is 13.0 Å². The van der Waals surface area contributed by atoms with Gasteiger partial charge in [0.15, 0.2) is 0 Å². The molecule has 0 spiro atoms. The molecule has 2 heterocycles. The topological polar surface area (TPSA) is 55.8 Å². The van der Waals surface area contributed by atoms with Crippen LogP contribution in [0.15, 0.2) is 133 Å². The molecule has 0 radical (unpaired) electrons. The summed E-state index contributed by atoms with van der Waals surface area (Å²) in [7, 11) is 0. The van der Waals surface area contributed by atoms with Crippen LogP contribution in [0.5, 0.6) is 0 Å². The first-order valence-electron chi connectivity index (χ1n) is 14.7. The maximum Gasteiger partial charge on any atom is 0.0992 e. The van der Waals surface area contributed by atoms with Crippen molar-refractivity contribution in [3.8, 4) is 29.0 Å². The van der Waals surface area contributed by atoms with E-state index in [4.69, 9.17) is 0 Å². The molecule has 0 amide bonds. The van der Waals surface area contributed by atoms with E-state index in [-0.39, 0.29) is 0 Å². The molecule has 0 N–H and O–H groups in total. The summed E-state index contributed by atoms with van der Waals surface area (Å²) in [5, 5.41) is 22.0. The molecule has 0 fully saturated rings. The highest BCUT2D eigenvalue weighted by atomic mass is 15.1. The summed E-state index contributed by atoms with van der Waals surface area (Å²) in [6, 6.07) is 50.9. The second-order valence-electron chi connectivity index (χ2n) is 11.3. The Bertz CT molecular complexity index is 2280. The maximum atomic E-state index is 10.0. The number of hydrogen-bond donors (Lipinski definition) is 0. The fraction of sp³-hybridized carbons (Fsp3) is 0.0500. The lowest BCUT2D eigenvalue weighted by molar-refractivity contribution is 0.957. The summed E-state index contributed by atoms with van der Waals surface area (Å²) in [5.74, 6) is 0. The number of benzene rings is 6. The van der Waals surface area contributed by atoms with E-state index in [9.17, 15) is 10.5 Å². The average molecular weight is 563 g/mol. The molecule has 0 aliphatic carbocycles. The molecule has 0 atom stereocenters. The molecule has 206 valence electrons. The van der Waals surface area contributed by atoms with E-state index in [1.807, 2.05) is 42.5 Å². The van der Waals surface area contributed by atoms with Crippen molar-refractivity contribution < 1.29 is 0 Å². The van der Waals surface area contributed by atoms with E-state index in [1.165, 1.54) is 27.4 Å². The van der Waals surface area contributed by atoms with Crippen LogP contribution in [0.25, 0.3) is 38.6 Å². The van der Waals surface area contributed by atoms with Crippen LogP contribution in [-0.2, 0) is 13.0 Å². The molecule has 4 heteroatoms. The van der Waals surface area contributed by atoms with Crippen LogP contribution in [0.2, 0.25) is 0 Å². The van der Waals surface area contributed by atoms with Gasteiger partial charge in [-0.15, -0.1) is 0 Å². The minimum absolute atomic E-state index is 0.638. The van der Waals surface area contributed by atoms with Crippen molar-refractivity contribution >= 4 is 33.2 Å². The summed E-state index contributed by atoms with van der Waals surface area (Å²) in [4.78, 5) is 2.28. The van der Waals surface area contributed by atoms with Gasteiger partial charge >= 0.3 is 0 Å². The quantitative estimate of drug-likeness (QED) is 0.215. The van der Waals surface area contributed by atoms with Crippen molar-refractivity contribution in [1.82, 2.24) is 4.57 Å². The van der Waals surface area contributed by atoms with Crippen LogP contribution in [0.4, 0.5) is 11.4 Å². The zero-order valence-electron chi connectivity index (χ0n) is 23.9. The monoisotopic (exact) mass is 562 g/mol. The van der Waals surface area contributed by atoms with Gasteiger partial charge in [-0.25, -0.2) is 0 Å². The third kappa shape index (κ3) is 4.21. The zero-order valence-corrected chi connectivity index (χ0v) is 23.9. The van der Waals surface area contributed by atoms with Gasteiger partial charge in [0.1, 0.15) is 0 Å². The summed E-state index contributed by atoms with van der Waals surface area (Å²) >= 11 is 0. The van der Waals surface area contributed by atoms with Crippen molar-refractivity contribution in [2.75, 3.05) is 4.90 Å². The van der Waals surface area contributed by atoms with E-state index in [1.54, 1.807) is 0 Å². The van der Waals surface area contributed by atoms with Crippen LogP contribution in [0, 0.1) is 22.7 Å². The van der Waals surface area contributed by atoms with E-state index >= 15 is 0 Å². The first kappa shape index (κ1) is 25.6. The lowest BCUT2D eigenvalue weighted by Crippen LogP contribution is -2.21. The Kier molecular flexibility index (Phi) is 6.00. The third-order valence-electron chi connectivity index (χ3n) is 8.63. The fourth-order valence-electron chi connectivity index (χ4n) is 6.70. The van der Waals surface area contributed by atoms with E-state index in [0.29, 0.717) is 24.1 Å². The van der Waals surface area contributed by atoms with E-state index < -0.39 is 0 Å². The van der Waals surface area contributed by atoms with Crippen molar-refractivity contribution in [3.05, 3.63) is 161 Å². The van der Waals surface area contributed by atoms with Gasteiger partial charge in [0.05, 0.1) is 34.3 Å². The standard InChI is InChI=1S/C40H26N4/c41-24-28-16-17-31-26-43(38-13-4-1-12-36(38)37(31)23-28)33-21-29(19-30(22-33)25-42)18-27-8-7-9-32(20-27)44-39-14-5-2-10-34(39)35-11-3-6-15-40(35)44/h1-17,19-23H,18,26H2. The van der Waals surface area contributed by atoms with Crippen LogP contribution >= 0.6 is 0 Å². The number of fused-ring (bicyclic) bond motifs is 6. The van der Waals surface area contributed by atoms with Gasteiger partial charge in [-0.05, 0) is 89.3 Å². The van der Waals surface area contributed by atoms with E-state index in [0.717, 1.165) is 39.3 Å². The third-order valence-corrected chi connectivity index (χ3v) is 8.63. The van der Waals surface area contributed by atoms with Crippen LogP contribution in [0.3, 0.4) is 0 Å². The molecule has 8 rings (SSSR count). The van der Waals surface area contributed by atoms with Crippen LogP contribution in [-0.4, -0.2) is 4.57 Å². The predicted molar refractivity (Wildman–Crippen MR) is 177 cm³/mol. The molecular weight excluding hydrogens is 536 g/mol. The summed E-state index contributed by atoms with van der Waals surface area (Å²) in [5.41, 5.74) is 12.5. The lowest BCUT2D eigenvalue weighted by atomic mass is 9.91. The zero-order chi connectivity index (χ0) is 29.6. The van der Waals surface area contributed by atoms with Gasteiger partial charge in [0, 0.05) is 39.9 Å². The Balaban J connectivity index is 1.19. The second-order valence-corrected chi connectivity index (χ2v) is 11.3. The normalized spacial score (nSPS) is 12.0. The molecule has 7 aromatic rings. The van der Waals surface area contributed by atoms with E-state index in [2.05, 4.69) is 113 Å². The first-order chi connectivity index (χ1) is 21.7. The van der Waals surface area contributed by atoms with Gasteiger partial charge < -0.3 is 9.47 Å². The SMILES string of the molecule is N#Cc1cc(Cc2cccc(-n3c4ccccc4c4ccccc43)c2)cc(N2Cc3ccc(C#N)cc3-c3ccccc32)c1. The molecule has 0 saturated heterocycles. The van der Waals surface area contributed by atoms with Crippen molar-refractivity contribution in [1.29, 1.82) is 10.5 Å². The number of nitriles is 2. The number of anilines is 2. The van der Waals surface area contributed by atoms with Gasteiger partial charge in [0.2, 0.25) is 0 Å². The Morgan fingerprint density at radius 1 is 0.545 bits per heavy atom. The predicted octanol–water partition coefficient (Wildman–Crippen LogP) is 9.44. The Morgan fingerprint density at radius 3 is 2.02 bits per heavy atom. The van der Waals surface area contributed by atoms with Crippen LogP contribution in [0.1, 0.15) is 27.8 Å². The highest BCUT2D eigenvalue weighted by molar-refractivity contribution is 6.09. The molecule has 4 nitrogen and oxygen atoms in total. The summed E-state index contributed by atoms with van der Waals surface area (Å²) < 4.78 is 2.34. The Morgan fingerprint density at radius 2 is 1.25 bits per heavy atom. The number of aromatic nitrogens is 1. The minimum atomic E-state index is 0.638. The maximum absolute atomic E-state index is 10.0. The smallest absolute Gasteiger partial charge is 0.0992 e. The molecule has 1 aromatic heterocycles. The van der Waals surface area contributed by atoms with Gasteiger partial charge in [-0.3, -0.25) is 0 Å². The summed E-state index contributed by atoms with van der Waals surface area (Å²) in [6.07, 6.45) is 0.700. The van der Waals surface area contributed by atoms with Gasteiger partial charge in [0.25, 0.3) is 0 Å². The number of para-hydroxylation sites is 3. The van der Waals surface area contributed by atoms with Gasteiger partial charge in [-0.2, -0.15) is 10.5 Å². The summed E-state index contributed by atoms with van der Waals surface area (Å²) in [6.45, 7) is 0.662. The Labute approximate surface area is 255 Å². The largest absolute Gasteiger partial charge is 0.336 e. The highest BCUT2D eigenvalue weighted by Gasteiger charge is 2.24. The van der Waals surface area contributed by atoms with Gasteiger partial charge in [-0.1, -0.05) is 72.8 Å². The Hall–Kier alpha value is -6.10. The second kappa shape index (κ2) is 10.3. The minimum Gasteiger partial charge on any atom is -0.336 e. The van der Waals surface area contributed by atoms with Crippen molar-refractivity contribution in [2.24, 2.45) is 0 Å². The molecule has 0 bridgehead atoms. The number of rotatable bonds is 4. The molecular formula is C40H26N4. The number of hydrogen-bond acceptors (Lipinski definition) is 3. The first-order valence-corrected chi connectivity index (χ1v) is 14.7. The molecule has 44 heavy (non-hydrogen) atoms. The average Bonchev–Trinajstić information content (AvgIpc) is 3.42. The molecule has 6 aromatic carbocycles. The molecule has 0 unspecified atom stereocenters. The molecule has 1 aliphatic heterocycles. The fourth-order valence-corrected chi connectivity index (χ4v) is 6.70.